The fourth-order valence-corrected chi connectivity index (χ4v) is 1.79. The molecule has 1 aromatic rings. The minimum atomic E-state index is -4.93. The first-order valence-corrected chi connectivity index (χ1v) is 6.49. The van der Waals surface area contributed by atoms with Crippen molar-refractivity contribution in [3.63, 3.8) is 0 Å². The number of hydrogen-bond donors (Lipinski definition) is 0. The summed E-state index contributed by atoms with van der Waals surface area (Å²) >= 11 is 0. The van der Waals surface area contributed by atoms with Gasteiger partial charge in [-0.25, -0.2) is 0 Å². The second-order valence-corrected chi connectivity index (χ2v) is 4.59. The van der Waals surface area contributed by atoms with Gasteiger partial charge in [-0.3, -0.25) is 0 Å². The van der Waals surface area contributed by atoms with E-state index in [0.29, 0.717) is 17.9 Å². The fraction of sp³-hybridized carbons (Fsp3) is 0.429. The van der Waals surface area contributed by atoms with Crippen molar-refractivity contribution >= 4 is 12.4 Å². The van der Waals surface area contributed by atoms with Gasteiger partial charge in [0.15, 0.2) is 0 Å². The molecule has 1 nitrogen and oxygen atoms in total. The average Bonchev–Trinajstić information content (AvgIpc) is 2.34. The van der Waals surface area contributed by atoms with Gasteiger partial charge in [-0.1, -0.05) is 18.2 Å². The normalized spacial score (nSPS) is 10.8. The van der Waals surface area contributed by atoms with E-state index in [-0.39, 0.29) is 51.4 Å². The van der Waals surface area contributed by atoms with Gasteiger partial charge in [-0.15, -0.1) is 12.0 Å². The Morgan fingerprint density at radius 1 is 1.20 bits per heavy atom. The predicted octanol–water partition coefficient (Wildman–Crippen LogP) is 1.18. The molecule has 1 aromatic carbocycles. The molecule has 106 valence electrons. The van der Waals surface area contributed by atoms with Gasteiger partial charge in [0.05, 0.1) is 6.61 Å². The molecule has 0 unspecified atom stereocenters. The Hall–Kier alpha value is 0.251. The maximum atomic E-state index is 12.5. The molecule has 6 heteroatoms. The number of halogens is 3. The van der Waals surface area contributed by atoms with Crippen LogP contribution in [0.5, 0.6) is 5.75 Å². The first kappa shape index (κ1) is 20.3. The monoisotopic (exact) mass is 310 g/mol. The maximum absolute atomic E-state index is 12.5. The molecule has 0 saturated carbocycles. The molecule has 0 atom stereocenters. The van der Waals surface area contributed by atoms with E-state index in [0.717, 1.165) is 37.8 Å². The summed E-state index contributed by atoms with van der Waals surface area (Å²) in [6.45, 7) is 0.886. The minimum absolute atomic E-state index is 0. The van der Waals surface area contributed by atoms with Crippen LogP contribution in [0.15, 0.2) is 30.9 Å². The zero-order valence-corrected chi connectivity index (χ0v) is 15.3. The second-order valence-electron chi connectivity index (χ2n) is 4.59. The molecule has 0 spiro atoms. The van der Waals surface area contributed by atoms with E-state index in [1.807, 2.05) is 6.08 Å². The molecule has 0 N–H and O–H groups in total. The molecule has 0 saturated heterocycles. The molecule has 0 aromatic heterocycles. The summed E-state index contributed by atoms with van der Waals surface area (Å²) in [5, 5.41) is 0. The SMILES string of the molecule is C=CCCCCCOc1ccc([B-](F)(F)F)cc1C.[K+]. The molecule has 0 fully saturated rings. The van der Waals surface area contributed by atoms with Crippen molar-refractivity contribution < 1.29 is 69.1 Å². The van der Waals surface area contributed by atoms with Crippen LogP contribution in [0.1, 0.15) is 31.2 Å². The second kappa shape index (κ2) is 10.1. The molecule has 1 rings (SSSR count). The van der Waals surface area contributed by atoms with Crippen LogP contribution in [0.25, 0.3) is 0 Å². The van der Waals surface area contributed by atoms with Gasteiger partial charge in [0.1, 0.15) is 5.75 Å². The molecule has 0 radical (unpaired) electrons. The first-order chi connectivity index (χ1) is 8.95. The molecular formula is C14H19BF3KO. The molecule has 0 aliphatic heterocycles. The third kappa shape index (κ3) is 7.31. The van der Waals surface area contributed by atoms with Gasteiger partial charge in [0.25, 0.3) is 0 Å². The van der Waals surface area contributed by atoms with Gasteiger partial charge in [0.2, 0.25) is 0 Å². The summed E-state index contributed by atoms with van der Waals surface area (Å²) in [5.74, 6) is 0.535. The van der Waals surface area contributed by atoms with Crippen LogP contribution in [0.3, 0.4) is 0 Å². The van der Waals surface area contributed by atoms with Gasteiger partial charge < -0.3 is 17.7 Å². The molecule has 0 bridgehead atoms. The number of allylic oxidation sites excluding steroid dienone is 1. The Labute approximate surface area is 161 Å². The van der Waals surface area contributed by atoms with Gasteiger partial charge >= 0.3 is 58.4 Å². The maximum Gasteiger partial charge on any atom is 1.00 e. The van der Waals surface area contributed by atoms with Crippen molar-refractivity contribution in [3.8, 4) is 5.75 Å². The molecule has 0 aliphatic carbocycles. The van der Waals surface area contributed by atoms with Crippen LogP contribution in [-0.4, -0.2) is 13.6 Å². The van der Waals surface area contributed by atoms with Crippen LogP contribution in [-0.2, 0) is 0 Å². The van der Waals surface area contributed by atoms with Crippen LogP contribution in [0, 0.1) is 6.92 Å². The summed E-state index contributed by atoms with van der Waals surface area (Å²) in [6, 6.07) is 3.64. The third-order valence-corrected chi connectivity index (χ3v) is 2.89. The van der Waals surface area contributed by atoms with Crippen molar-refractivity contribution in [2.24, 2.45) is 0 Å². The minimum Gasteiger partial charge on any atom is -0.493 e. The molecule has 0 heterocycles. The van der Waals surface area contributed by atoms with E-state index >= 15 is 0 Å². The Morgan fingerprint density at radius 2 is 1.90 bits per heavy atom. The van der Waals surface area contributed by atoms with Crippen molar-refractivity contribution in [1.82, 2.24) is 0 Å². The molecule has 20 heavy (non-hydrogen) atoms. The number of rotatable bonds is 8. The zero-order chi connectivity index (χ0) is 14.3. The van der Waals surface area contributed by atoms with Crippen molar-refractivity contribution in [2.45, 2.75) is 32.6 Å². The van der Waals surface area contributed by atoms with E-state index in [9.17, 15) is 12.9 Å². The topological polar surface area (TPSA) is 9.23 Å². The number of ether oxygens (including phenoxy) is 1. The largest absolute Gasteiger partial charge is 1.00 e. The summed E-state index contributed by atoms with van der Waals surface area (Å²) in [7, 11) is 0. The summed E-state index contributed by atoms with van der Waals surface area (Å²) in [6.07, 6.45) is 5.87. The average molecular weight is 310 g/mol. The Bertz CT molecular complexity index is 421. The smallest absolute Gasteiger partial charge is 0.493 e. The number of unbranched alkanes of at least 4 members (excludes halogenated alkanes) is 3. The van der Waals surface area contributed by atoms with E-state index in [2.05, 4.69) is 6.58 Å². The van der Waals surface area contributed by atoms with Gasteiger partial charge in [0, 0.05) is 0 Å². The molecular weight excluding hydrogens is 291 g/mol. The Kier molecular flexibility index (Phi) is 10.2. The van der Waals surface area contributed by atoms with Crippen LogP contribution < -0.4 is 61.6 Å². The van der Waals surface area contributed by atoms with Crippen LogP contribution in [0.4, 0.5) is 12.9 Å². The summed E-state index contributed by atoms with van der Waals surface area (Å²) < 4.78 is 43.1. The van der Waals surface area contributed by atoms with Gasteiger partial charge in [-0.2, -0.15) is 0 Å². The van der Waals surface area contributed by atoms with E-state index in [4.69, 9.17) is 4.74 Å². The van der Waals surface area contributed by atoms with E-state index in [1.165, 1.54) is 6.07 Å². The van der Waals surface area contributed by atoms with Crippen molar-refractivity contribution in [2.75, 3.05) is 6.61 Å². The molecule has 0 amide bonds. The zero-order valence-electron chi connectivity index (χ0n) is 12.2. The quantitative estimate of drug-likeness (QED) is 0.398. The summed E-state index contributed by atoms with van der Waals surface area (Å²) in [5.41, 5.74) is -0.0429. The van der Waals surface area contributed by atoms with Crippen LogP contribution >= 0.6 is 0 Å². The van der Waals surface area contributed by atoms with Crippen LogP contribution in [0.2, 0.25) is 0 Å². The van der Waals surface area contributed by atoms with E-state index < -0.39 is 12.4 Å². The number of aryl methyl sites for hydroxylation is 1. The number of hydrogen-bond acceptors (Lipinski definition) is 1. The predicted molar refractivity (Wildman–Crippen MR) is 74.1 cm³/mol. The number of benzene rings is 1. The Balaban J connectivity index is 0.00000361. The fourth-order valence-electron chi connectivity index (χ4n) is 1.79. The molecule has 0 aliphatic rings. The third-order valence-electron chi connectivity index (χ3n) is 2.89. The Morgan fingerprint density at radius 3 is 2.45 bits per heavy atom. The summed E-state index contributed by atoms with van der Waals surface area (Å²) in [4.78, 5) is 0. The van der Waals surface area contributed by atoms with Crippen molar-refractivity contribution in [1.29, 1.82) is 0 Å². The standard InChI is InChI=1S/C14H19BF3O.K/c1-3-4-5-6-7-10-19-14-9-8-13(11-12(14)2)15(16,17)18;/h3,8-9,11H,1,4-7,10H2,2H3;/q-1;+1. The van der Waals surface area contributed by atoms with Gasteiger partial charge in [-0.05, 0) is 44.2 Å². The first-order valence-electron chi connectivity index (χ1n) is 6.49. The van der Waals surface area contributed by atoms with Crippen molar-refractivity contribution in [3.05, 3.63) is 36.4 Å². The van der Waals surface area contributed by atoms with E-state index in [1.54, 1.807) is 6.92 Å².